The minimum Gasteiger partial charge on any atom is -0.373 e. The highest BCUT2D eigenvalue weighted by atomic mass is 16.5. The number of hydrogen-bond acceptors (Lipinski definition) is 3. The van der Waals surface area contributed by atoms with Crippen LogP contribution >= 0.6 is 0 Å². The Bertz CT molecular complexity index is 572. The Balaban J connectivity index is 1.39. The van der Waals surface area contributed by atoms with Crippen molar-refractivity contribution in [1.82, 2.24) is 15.1 Å². The molecule has 4 rings (SSSR count). The molecule has 0 radical (unpaired) electrons. The molecule has 1 aromatic carbocycles. The molecule has 1 N–H and O–H groups in total. The molecule has 0 bridgehead atoms. The first-order valence-electron chi connectivity index (χ1n) is 9.18. The van der Waals surface area contributed by atoms with Crippen molar-refractivity contribution in [3.05, 3.63) is 35.9 Å². The summed E-state index contributed by atoms with van der Waals surface area (Å²) in [5.74, 6) is 1.90. The third kappa shape index (κ3) is 3.57. The molecular formula is C19H28N4O. The smallest absolute Gasteiger partial charge is 0.193 e. The lowest BCUT2D eigenvalue weighted by Crippen LogP contribution is -2.50. The minimum absolute atomic E-state index is 0.293. The van der Waals surface area contributed by atoms with Crippen LogP contribution in [0.1, 0.15) is 18.4 Å². The Kier molecular flexibility index (Phi) is 4.72. The van der Waals surface area contributed by atoms with Crippen molar-refractivity contribution < 1.29 is 4.74 Å². The van der Waals surface area contributed by atoms with Gasteiger partial charge in [-0.15, -0.1) is 0 Å². The van der Waals surface area contributed by atoms with E-state index in [1.165, 1.54) is 18.4 Å². The maximum Gasteiger partial charge on any atom is 0.193 e. The zero-order valence-electron chi connectivity index (χ0n) is 14.5. The van der Waals surface area contributed by atoms with Crippen LogP contribution in [0.3, 0.4) is 0 Å². The standard InChI is InChI=1S/C19H28N4O/c1-20-19(21-11-15-7-8-15)23-13-17-18(14-23)24-10-9-22(17)12-16-5-3-2-4-6-16/h2-6,15,17-18H,7-14H2,1H3,(H,20,21). The third-order valence-electron chi connectivity index (χ3n) is 5.40. The lowest BCUT2D eigenvalue weighted by Gasteiger charge is -2.36. The van der Waals surface area contributed by atoms with Gasteiger partial charge in [-0.25, -0.2) is 0 Å². The van der Waals surface area contributed by atoms with Gasteiger partial charge in [-0.2, -0.15) is 0 Å². The van der Waals surface area contributed by atoms with Gasteiger partial charge in [-0.1, -0.05) is 30.3 Å². The van der Waals surface area contributed by atoms with Gasteiger partial charge in [-0.05, 0) is 24.3 Å². The van der Waals surface area contributed by atoms with Crippen molar-refractivity contribution in [3.63, 3.8) is 0 Å². The number of morpholine rings is 1. The Morgan fingerprint density at radius 1 is 1.25 bits per heavy atom. The minimum atomic E-state index is 0.293. The van der Waals surface area contributed by atoms with Gasteiger partial charge in [0.2, 0.25) is 0 Å². The number of rotatable bonds is 4. The van der Waals surface area contributed by atoms with E-state index in [4.69, 9.17) is 4.74 Å². The average molecular weight is 328 g/mol. The fraction of sp³-hybridized carbons (Fsp3) is 0.632. The summed E-state index contributed by atoms with van der Waals surface area (Å²) in [5, 5.41) is 3.55. The number of likely N-dealkylation sites (tertiary alicyclic amines) is 1. The second-order valence-corrected chi connectivity index (χ2v) is 7.21. The van der Waals surface area contributed by atoms with Crippen molar-refractivity contribution in [2.24, 2.45) is 10.9 Å². The molecule has 0 spiro atoms. The zero-order chi connectivity index (χ0) is 16.4. The average Bonchev–Trinajstić information content (AvgIpc) is 3.33. The largest absolute Gasteiger partial charge is 0.373 e. The van der Waals surface area contributed by atoms with Crippen LogP contribution in [0.4, 0.5) is 0 Å². The first kappa shape index (κ1) is 15.9. The van der Waals surface area contributed by atoms with E-state index in [0.717, 1.165) is 51.2 Å². The van der Waals surface area contributed by atoms with Crippen molar-refractivity contribution >= 4 is 5.96 Å². The van der Waals surface area contributed by atoms with Gasteiger partial charge in [0.15, 0.2) is 5.96 Å². The van der Waals surface area contributed by atoms with Crippen molar-refractivity contribution in [2.45, 2.75) is 31.5 Å². The number of nitrogens with one attached hydrogen (secondary N) is 1. The zero-order valence-corrected chi connectivity index (χ0v) is 14.5. The van der Waals surface area contributed by atoms with Gasteiger partial charge in [0, 0.05) is 39.8 Å². The molecule has 1 aromatic rings. The molecule has 2 heterocycles. The first-order chi connectivity index (χ1) is 11.8. The van der Waals surface area contributed by atoms with E-state index in [2.05, 4.69) is 50.4 Å². The van der Waals surface area contributed by atoms with Gasteiger partial charge in [0.1, 0.15) is 0 Å². The highest BCUT2D eigenvalue weighted by molar-refractivity contribution is 5.80. The summed E-state index contributed by atoms with van der Waals surface area (Å²) in [6, 6.07) is 11.2. The lowest BCUT2D eigenvalue weighted by molar-refractivity contribution is -0.0502. The highest BCUT2D eigenvalue weighted by Gasteiger charge is 2.41. The van der Waals surface area contributed by atoms with Gasteiger partial charge >= 0.3 is 0 Å². The summed E-state index contributed by atoms with van der Waals surface area (Å²) in [5.41, 5.74) is 1.38. The van der Waals surface area contributed by atoms with Crippen molar-refractivity contribution in [3.8, 4) is 0 Å². The summed E-state index contributed by atoms with van der Waals surface area (Å²) >= 11 is 0. The molecule has 1 saturated carbocycles. The monoisotopic (exact) mass is 328 g/mol. The Morgan fingerprint density at radius 2 is 2.08 bits per heavy atom. The van der Waals surface area contributed by atoms with Crippen LogP contribution in [0.5, 0.6) is 0 Å². The topological polar surface area (TPSA) is 40.1 Å². The number of guanidine groups is 1. The molecule has 2 saturated heterocycles. The molecular weight excluding hydrogens is 300 g/mol. The van der Waals surface area contributed by atoms with E-state index in [1.54, 1.807) is 0 Å². The molecule has 5 heteroatoms. The van der Waals surface area contributed by atoms with E-state index < -0.39 is 0 Å². The summed E-state index contributed by atoms with van der Waals surface area (Å²) in [7, 11) is 1.89. The molecule has 0 aromatic heterocycles. The predicted octanol–water partition coefficient (Wildman–Crippen LogP) is 1.56. The van der Waals surface area contributed by atoms with Gasteiger partial charge in [0.05, 0.1) is 18.8 Å². The molecule has 130 valence electrons. The summed E-state index contributed by atoms with van der Waals surface area (Å²) in [4.78, 5) is 9.45. The Hall–Kier alpha value is -1.59. The van der Waals surface area contributed by atoms with Gasteiger partial charge in [0.25, 0.3) is 0 Å². The van der Waals surface area contributed by atoms with Crippen LogP contribution in [0, 0.1) is 5.92 Å². The Morgan fingerprint density at radius 3 is 2.83 bits per heavy atom. The van der Waals surface area contributed by atoms with Gasteiger partial charge < -0.3 is 15.0 Å². The number of nitrogens with zero attached hydrogens (tertiary/aromatic N) is 3. The summed E-state index contributed by atoms with van der Waals surface area (Å²) in [6.07, 6.45) is 3.02. The lowest BCUT2D eigenvalue weighted by atomic mass is 10.1. The number of aliphatic imine (C=N–C) groups is 1. The molecule has 2 aliphatic heterocycles. The molecule has 24 heavy (non-hydrogen) atoms. The fourth-order valence-electron chi connectivity index (χ4n) is 3.84. The van der Waals surface area contributed by atoms with Crippen LogP contribution in [0.25, 0.3) is 0 Å². The van der Waals surface area contributed by atoms with E-state index in [1.807, 2.05) is 7.05 Å². The highest BCUT2D eigenvalue weighted by Crippen LogP contribution is 2.28. The second kappa shape index (κ2) is 7.11. The molecule has 5 nitrogen and oxygen atoms in total. The number of benzene rings is 1. The maximum atomic E-state index is 6.07. The Labute approximate surface area is 144 Å². The normalized spacial score (nSPS) is 28.0. The van der Waals surface area contributed by atoms with Crippen LogP contribution in [-0.2, 0) is 11.3 Å². The molecule has 2 atom stereocenters. The fourth-order valence-corrected chi connectivity index (χ4v) is 3.84. The second-order valence-electron chi connectivity index (χ2n) is 7.21. The maximum absolute atomic E-state index is 6.07. The number of fused-ring (bicyclic) bond motifs is 1. The molecule has 2 unspecified atom stereocenters. The predicted molar refractivity (Wildman–Crippen MR) is 96.0 cm³/mol. The quantitative estimate of drug-likeness (QED) is 0.673. The van der Waals surface area contributed by atoms with E-state index in [0.29, 0.717) is 12.1 Å². The van der Waals surface area contributed by atoms with Crippen LogP contribution in [-0.4, -0.2) is 67.7 Å². The van der Waals surface area contributed by atoms with Crippen LogP contribution < -0.4 is 5.32 Å². The van der Waals surface area contributed by atoms with E-state index >= 15 is 0 Å². The first-order valence-corrected chi connectivity index (χ1v) is 9.18. The summed E-state index contributed by atoms with van der Waals surface area (Å²) in [6.45, 7) is 5.86. The summed E-state index contributed by atoms with van der Waals surface area (Å²) < 4.78 is 6.07. The SMILES string of the molecule is CN=C(NCC1CC1)N1CC2OCCN(Cc3ccccc3)C2C1. The van der Waals surface area contributed by atoms with Crippen LogP contribution in [0.15, 0.2) is 35.3 Å². The van der Waals surface area contributed by atoms with Crippen molar-refractivity contribution in [1.29, 1.82) is 0 Å². The van der Waals surface area contributed by atoms with E-state index in [9.17, 15) is 0 Å². The molecule has 0 amide bonds. The van der Waals surface area contributed by atoms with Crippen molar-refractivity contribution in [2.75, 3.05) is 39.8 Å². The molecule has 3 aliphatic rings. The molecule has 1 aliphatic carbocycles. The number of hydrogen-bond donors (Lipinski definition) is 1. The van der Waals surface area contributed by atoms with E-state index in [-0.39, 0.29) is 0 Å². The third-order valence-corrected chi connectivity index (χ3v) is 5.40. The molecule has 3 fully saturated rings. The number of ether oxygens (including phenoxy) is 1. The van der Waals surface area contributed by atoms with Gasteiger partial charge in [-0.3, -0.25) is 9.89 Å². The van der Waals surface area contributed by atoms with Crippen LogP contribution in [0.2, 0.25) is 0 Å².